The fourth-order valence-electron chi connectivity index (χ4n) is 7.61. The van der Waals surface area contributed by atoms with Crippen LogP contribution in [0.4, 0.5) is 10.5 Å². The van der Waals surface area contributed by atoms with E-state index in [9.17, 15) is 14.4 Å². The van der Waals surface area contributed by atoms with Crippen LogP contribution >= 0.6 is 11.6 Å². The van der Waals surface area contributed by atoms with E-state index in [1.165, 1.54) is 0 Å². The third kappa shape index (κ3) is 8.75. The number of imide groups is 1. The van der Waals surface area contributed by atoms with Gasteiger partial charge in [0, 0.05) is 55.8 Å². The fourth-order valence-corrected chi connectivity index (χ4v) is 7.82. The van der Waals surface area contributed by atoms with Crippen LogP contribution in [0.1, 0.15) is 79.9 Å². The van der Waals surface area contributed by atoms with E-state index in [0.29, 0.717) is 53.4 Å². The number of ether oxygens (including phenoxy) is 2. The summed E-state index contributed by atoms with van der Waals surface area (Å²) in [6.07, 6.45) is 11.4. The van der Waals surface area contributed by atoms with E-state index in [-0.39, 0.29) is 30.0 Å². The van der Waals surface area contributed by atoms with Crippen LogP contribution in [0.15, 0.2) is 67.0 Å². The Hall–Kier alpha value is -5.12. The van der Waals surface area contributed by atoms with Gasteiger partial charge in [0.05, 0.1) is 40.7 Å². The number of fused-ring (bicyclic) bond motifs is 1. The first-order valence-electron chi connectivity index (χ1n) is 18.5. The first-order chi connectivity index (χ1) is 25.8. The molecule has 1 aliphatic carbocycles. The minimum atomic E-state index is -0.360. The second-order valence-electron chi connectivity index (χ2n) is 14.0. The van der Waals surface area contributed by atoms with E-state index < -0.39 is 0 Å². The smallest absolute Gasteiger partial charge is 0.328 e. The Kier molecular flexibility index (Phi) is 11.4. The molecule has 2 aliphatic heterocycles. The van der Waals surface area contributed by atoms with Crippen LogP contribution in [-0.4, -0.2) is 77.2 Å². The highest BCUT2D eigenvalue weighted by Gasteiger charge is 2.28. The summed E-state index contributed by atoms with van der Waals surface area (Å²) in [6.45, 7) is 4.05. The molecule has 0 bridgehead atoms. The lowest BCUT2D eigenvalue weighted by atomic mass is 9.92. The van der Waals surface area contributed by atoms with Crippen molar-refractivity contribution < 1.29 is 23.9 Å². The summed E-state index contributed by atoms with van der Waals surface area (Å²) >= 11 is 6.13. The van der Waals surface area contributed by atoms with Gasteiger partial charge in [-0.05, 0) is 100 Å². The van der Waals surface area contributed by atoms with Crippen LogP contribution < -0.4 is 25.0 Å². The number of urea groups is 1. The molecule has 2 aromatic heterocycles. The number of nitrogens with zero attached hydrogens (tertiary/aromatic N) is 5. The third-order valence-corrected chi connectivity index (χ3v) is 10.8. The topological polar surface area (TPSA) is 142 Å². The van der Waals surface area contributed by atoms with Gasteiger partial charge < -0.3 is 24.3 Å². The predicted octanol–water partition coefficient (Wildman–Crippen LogP) is 6.62. The predicted molar refractivity (Wildman–Crippen MR) is 201 cm³/mol. The molecule has 2 saturated heterocycles. The highest BCUT2D eigenvalue weighted by molar-refractivity contribution is 6.31. The van der Waals surface area contributed by atoms with Crippen LogP contribution in [-0.2, 0) is 4.79 Å². The van der Waals surface area contributed by atoms with Gasteiger partial charge >= 0.3 is 6.03 Å². The number of unbranched alkanes of at least 4 members (excludes halogenated alkanes) is 1. The minimum absolute atomic E-state index is 0.0363. The molecule has 1 saturated carbocycles. The van der Waals surface area contributed by atoms with Gasteiger partial charge in [0.25, 0.3) is 5.91 Å². The Morgan fingerprint density at radius 2 is 1.79 bits per heavy atom. The molecule has 4 aromatic rings. The molecule has 0 atom stereocenters. The molecule has 276 valence electrons. The molecule has 13 heteroatoms. The molecule has 53 heavy (non-hydrogen) atoms. The Morgan fingerprint density at radius 3 is 2.53 bits per heavy atom. The number of carbonyl (C=O) groups is 3. The average Bonchev–Trinajstić information content (AvgIpc) is 3.61. The molecule has 0 radical (unpaired) electrons. The van der Waals surface area contributed by atoms with Crippen LogP contribution in [0.3, 0.4) is 0 Å². The Labute approximate surface area is 314 Å². The number of anilines is 1. The second kappa shape index (κ2) is 16.7. The summed E-state index contributed by atoms with van der Waals surface area (Å²) in [6, 6.07) is 18.9. The number of carbonyl (C=O) groups excluding carboxylic acids is 3. The molecule has 2 N–H and O–H groups in total. The van der Waals surface area contributed by atoms with Gasteiger partial charge in [-0.1, -0.05) is 17.7 Å². The largest absolute Gasteiger partial charge is 0.492 e. The minimum Gasteiger partial charge on any atom is -0.492 e. The summed E-state index contributed by atoms with van der Waals surface area (Å²) in [7, 11) is 0. The van der Waals surface area contributed by atoms with Crippen molar-refractivity contribution in [1.82, 2.24) is 25.1 Å². The van der Waals surface area contributed by atoms with Gasteiger partial charge in [0.2, 0.25) is 5.91 Å². The highest BCUT2D eigenvalue weighted by Crippen LogP contribution is 2.34. The zero-order chi connectivity index (χ0) is 36.7. The number of aromatic nitrogens is 2. The number of piperidine rings is 1. The van der Waals surface area contributed by atoms with Crippen molar-refractivity contribution in [2.24, 2.45) is 0 Å². The fraction of sp³-hybridized carbons (Fsp3) is 0.425. The maximum absolute atomic E-state index is 12.9. The number of rotatable bonds is 12. The molecular formula is C40H44ClN7O5. The number of likely N-dealkylation sites (tertiary alicyclic amines) is 1. The number of benzene rings is 2. The van der Waals surface area contributed by atoms with Crippen molar-refractivity contribution in [3.8, 4) is 17.6 Å². The summed E-state index contributed by atoms with van der Waals surface area (Å²) in [5.74, 6) is 0.882. The number of nitrogens with one attached hydrogen (secondary N) is 2. The third-order valence-electron chi connectivity index (χ3n) is 10.5. The molecule has 2 aromatic carbocycles. The lowest BCUT2D eigenvalue weighted by Gasteiger charge is -2.33. The maximum atomic E-state index is 12.9. The van der Waals surface area contributed by atoms with E-state index in [2.05, 4.69) is 49.5 Å². The van der Waals surface area contributed by atoms with Gasteiger partial charge in [-0.15, -0.1) is 0 Å². The van der Waals surface area contributed by atoms with Gasteiger partial charge in [0.15, 0.2) is 0 Å². The average molecular weight is 738 g/mol. The molecule has 4 heterocycles. The van der Waals surface area contributed by atoms with Crippen molar-refractivity contribution in [2.45, 2.75) is 76.0 Å². The molecule has 0 spiro atoms. The molecule has 3 fully saturated rings. The molecule has 12 nitrogen and oxygen atoms in total. The number of hydrogen-bond acceptors (Lipinski definition) is 8. The van der Waals surface area contributed by atoms with Crippen molar-refractivity contribution in [2.75, 3.05) is 37.7 Å². The first-order valence-corrected chi connectivity index (χ1v) is 18.9. The SMILES string of the molecule is N#Cc1ccc(O[C@H]2CC[C@H](NC(=O)c3ccc(OCCCCN4CCC(n5ccc6c(N7CCC(=O)NC7=O)cccc65)CC4)cn3)CC2)cc1Cl. The van der Waals surface area contributed by atoms with Crippen molar-refractivity contribution in [3.05, 3.63) is 83.3 Å². The normalized spacial score (nSPS) is 19.8. The van der Waals surface area contributed by atoms with Gasteiger partial charge in [-0.2, -0.15) is 5.26 Å². The zero-order valence-electron chi connectivity index (χ0n) is 29.6. The number of nitriles is 1. The summed E-state index contributed by atoms with van der Waals surface area (Å²) in [5.41, 5.74) is 2.75. The monoisotopic (exact) mass is 737 g/mol. The molecule has 0 unspecified atom stereocenters. The molecule has 7 rings (SSSR count). The van der Waals surface area contributed by atoms with E-state index in [0.717, 1.165) is 87.6 Å². The lowest BCUT2D eigenvalue weighted by molar-refractivity contribution is -0.120. The second-order valence-corrected chi connectivity index (χ2v) is 14.4. The highest BCUT2D eigenvalue weighted by atomic mass is 35.5. The van der Waals surface area contributed by atoms with Crippen LogP contribution in [0, 0.1) is 11.3 Å². The van der Waals surface area contributed by atoms with Gasteiger partial charge in [-0.3, -0.25) is 19.8 Å². The summed E-state index contributed by atoms with van der Waals surface area (Å²) in [5, 5.41) is 16.0. The van der Waals surface area contributed by atoms with Gasteiger partial charge in [-0.25, -0.2) is 9.78 Å². The first kappa shape index (κ1) is 36.2. The van der Waals surface area contributed by atoms with Crippen molar-refractivity contribution >= 4 is 46.0 Å². The zero-order valence-corrected chi connectivity index (χ0v) is 30.4. The molecular weight excluding hydrogens is 694 g/mol. The van der Waals surface area contributed by atoms with Crippen molar-refractivity contribution in [3.63, 3.8) is 0 Å². The Morgan fingerprint density at radius 1 is 0.981 bits per heavy atom. The molecule has 3 aliphatic rings. The Bertz CT molecular complexity index is 1980. The quantitative estimate of drug-likeness (QED) is 0.155. The van der Waals surface area contributed by atoms with Crippen molar-refractivity contribution in [1.29, 1.82) is 5.26 Å². The van der Waals surface area contributed by atoms with Crippen LogP contribution in [0.2, 0.25) is 5.02 Å². The standard InChI is InChI=1S/C40H44ClN7O5/c41-34-24-31(9-6-27(34)25-42)53-30-10-7-28(8-11-30)44-39(50)35-13-12-32(26-43-35)52-23-2-1-18-46-19-14-29(15-20-46)47-21-16-33-36(47)4-3-5-37(33)48-22-17-38(49)45-40(48)51/h3-6,9,12-13,16,21,24,26,28-30H,1-2,7-8,10-11,14-15,17-20,22-23H2,(H,44,50)(H,45,49,51)/t28-,30-. The Balaban J connectivity index is 0.785. The lowest BCUT2D eigenvalue weighted by Crippen LogP contribution is -2.49. The van der Waals surface area contributed by atoms with E-state index in [4.69, 9.17) is 26.3 Å². The number of amides is 4. The number of hydrogen-bond donors (Lipinski definition) is 2. The molecule has 4 amide bonds. The number of halogens is 1. The summed E-state index contributed by atoms with van der Waals surface area (Å²) in [4.78, 5) is 45.5. The van der Waals surface area contributed by atoms with E-state index in [1.807, 2.05) is 12.1 Å². The van der Waals surface area contributed by atoms with E-state index in [1.54, 1.807) is 41.4 Å². The van der Waals surface area contributed by atoms with Crippen LogP contribution in [0.25, 0.3) is 10.9 Å². The van der Waals surface area contributed by atoms with Gasteiger partial charge in [0.1, 0.15) is 23.3 Å². The summed E-state index contributed by atoms with van der Waals surface area (Å²) < 4.78 is 14.3. The van der Waals surface area contributed by atoms with Crippen LogP contribution in [0.5, 0.6) is 11.5 Å². The van der Waals surface area contributed by atoms with E-state index >= 15 is 0 Å². The maximum Gasteiger partial charge on any atom is 0.328 e. The number of pyridine rings is 1.